The minimum Gasteiger partial charge on any atom is -0.370 e. The number of nitrogens with zero attached hydrogens (tertiary/aromatic N) is 3. The topological polar surface area (TPSA) is 79.3 Å². The molecule has 1 atom stereocenters. The maximum absolute atomic E-state index is 13.8. The molecule has 0 saturated carbocycles. The Bertz CT molecular complexity index is 1310. The second-order valence-electron chi connectivity index (χ2n) is 9.62. The molecular weight excluding hydrogens is 481 g/mol. The van der Waals surface area contributed by atoms with Crippen LogP contribution in [0.2, 0.25) is 5.02 Å². The van der Waals surface area contributed by atoms with E-state index in [-0.39, 0.29) is 34.9 Å². The fourth-order valence-electron chi connectivity index (χ4n) is 4.69. The van der Waals surface area contributed by atoms with E-state index in [0.29, 0.717) is 22.5 Å². The molecule has 2 aromatic carbocycles. The molecular formula is C27H33ClFN5O2. The van der Waals surface area contributed by atoms with E-state index in [9.17, 15) is 14.0 Å². The molecule has 36 heavy (non-hydrogen) atoms. The highest BCUT2D eigenvalue weighted by Gasteiger charge is 2.21. The van der Waals surface area contributed by atoms with Gasteiger partial charge in [0.15, 0.2) is 0 Å². The van der Waals surface area contributed by atoms with Gasteiger partial charge in [-0.15, -0.1) is 0 Å². The van der Waals surface area contributed by atoms with E-state index < -0.39 is 5.82 Å². The Morgan fingerprint density at radius 1 is 1.28 bits per heavy atom. The molecule has 1 fully saturated rings. The van der Waals surface area contributed by atoms with Crippen LogP contribution in [0.25, 0.3) is 22.3 Å². The van der Waals surface area contributed by atoms with Crippen LogP contribution in [0.4, 0.5) is 10.1 Å². The smallest absolute Gasteiger partial charge is 0.262 e. The van der Waals surface area contributed by atoms with Crippen LogP contribution in [0.3, 0.4) is 0 Å². The lowest BCUT2D eigenvalue weighted by molar-refractivity contribution is -0.122. The summed E-state index contributed by atoms with van der Waals surface area (Å²) < 4.78 is 15.2. The average molecular weight is 514 g/mol. The number of amides is 1. The Morgan fingerprint density at radius 2 is 2.08 bits per heavy atom. The van der Waals surface area contributed by atoms with Gasteiger partial charge >= 0.3 is 0 Å². The maximum atomic E-state index is 13.8. The molecule has 0 radical (unpaired) electrons. The summed E-state index contributed by atoms with van der Waals surface area (Å²) in [5.74, 6) is -0.603. The predicted molar refractivity (Wildman–Crippen MR) is 143 cm³/mol. The first-order valence-corrected chi connectivity index (χ1v) is 12.9. The van der Waals surface area contributed by atoms with E-state index in [4.69, 9.17) is 16.6 Å². The molecule has 1 unspecified atom stereocenters. The molecule has 0 spiro atoms. The molecule has 1 aliphatic heterocycles. The Morgan fingerprint density at radius 3 is 2.81 bits per heavy atom. The molecule has 9 heteroatoms. The minimum absolute atomic E-state index is 0.0771. The van der Waals surface area contributed by atoms with Gasteiger partial charge in [0.1, 0.15) is 18.2 Å². The summed E-state index contributed by atoms with van der Waals surface area (Å²) in [4.78, 5) is 33.5. The van der Waals surface area contributed by atoms with Crippen molar-refractivity contribution in [3.63, 3.8) is 0 Å². The van der Waals surface area contributed by atoms with Crippen molar-refractivity contribution in [1.82, 2.24) is 20.2 Å². The first-order valence-electron chi connectivity index (χ1n) is 12.5. The SMILES string of the molecule is CCCC1CN(c2ccc3nc(-c4ccc(F)c(Cl)c4)n(CC(=O)NC(C)C)c(=O)c3c2)CCCN1. The highest BCUT2D eigenvalue weighted by atomic mass is 35.5. The number of anilines is 1. The lowest BCUT2D eigenvalue weighted by Crippen LogP contribution is -2.38. The number of carbonyl (C=O) groups is 1. The van der Waals surface area contributed by atoms with Gasteiger partial charge in [-0.05, 0) is 69.6 Å². The van der Waals surface area contributed by atoms with Gasteiger partial charge in [-0.2, -0.15) is 0 Å². The number of hydrogen-bond donors (Lipinski definition) is 2. The van der Waals surface area contributed by atoms with E-state index >= 15 is 0 Å². The first kappa shape index (κ1) is 26.1. The first-order chi connectivity index (χ1) is 17.3. The molecule has 2 N–H and O–H groups in total. The van der Waals surface area contributed by atoms with Crippen molar-refractivity contribution in [2.45, 2.75) is 58.7 Å². The van der Waals surface area contributed by atoms with Crippen LogP contribution in [-0.2, 0) is 11.3 Å². The van der Waals surface area contributed by atoms with E-state index in [1.807, 2.05) is 32.0 Å². The summed E-state index contributed by atoms with van der Waals surface area (Å²) >= 11 is 6.02. The van der Waals surface area contributed by atoms with Gasteiger partial charge in [0.05, 0.1) is 15.9 Å². The summed E-state index contributed by atoms with van der Waals surface area (Å²) in [6.45, 7) is 8.41. The second kappa shape index (κ2) is 11.4. The van der Waals surface area contributed by atoms with Crippen molar-refractivity contribution >= 4 is 34.1 Å². The number of halogens is 2. The molecule has 0 bridgehead atoms. The van der Waals surface area contributed by atoms with Crippen molar-refractivity contribution in [3.05, 3.63) is 57.6 Å². The van der Waals surface area contributed by atoms with Crippen LogP contribution in [-0.4, -0.2) is 47.2 Å². The van der Waals surface area contributed by atoms with E-state index in [1.165, 1.54) is 22.8 Å². The van der Waals surface area contributed by atoms with Crippen molar-refractivity contribution in [2.24, 2.45) is 0 Å². The highest BCUT2D eigenvalue weighted by Crippen LogP contribution is 2.26. The molecule has 0 aliphatic carbocycles. The van der Waals surface area contributed by atoms with Gasteiger partial charge in [-0.25, -0.2) is 9.37 Å². The van der Waals surface area contributed by atoms with Crippen molar-refractivity contribution < 1.29 is 9.18 Å². The summed E-state index contributed by atoms with van der Waals surface area (Å²) in [7, 11) is 0. The number of rotatable bonds is 7. The van der Waals surface area contributed by atoms with Crippen LogP contribution in [0.5, 0.6) is 0 Å². The monoisotopic (exact) mass is 513 g/mol. The summed E-state index contributed by atoms with van der Waals surface area (Å²) in [6, 6.07) is 10.2. The maximum Gasteiger partial charge on any atom is 0.262 e. The van der Waals surface area contributed by atoms with Crippen molar-refractivity contribution in [3.8, 4) is 11.4 Å². The van der Waals surface area contributed by atoms with Crippen LogP contribution in [0, 0.1) is 5.82 Å². The van der Waals surface area contributed by atoms with Gasteiger partial charge in [0.25, 0.3) is 5.56 Å². The van der Waals surface area contributed by atoms with Crippen LogP contribution in [0.15, 0.2) is 41.2 Å². The largest absolute Gasteiger partial charge is 0.370 e. The predicted octanol–water partition coefficient (Wildman–Crippen LogP) is 4.35. The Balaban J connectivity index is 1.81. The summed E-state index contributed by atoms with van der Waals surface area (Å²) in [6.07, 6.45) is 3.21. The molecule has 1 aliphatic rings. The fourth-order valence-corrected chi connectivity index (χ4v) is 4.87. The minimum atomic E-state index is -0.564. The van der Waals surface area contributed by atoms with Crippen LogP contribution < -0.4 is 21.1 Å². The summed E-state index contributed by atoms with van der Waals surface area (Å²) in [5, 5.41) is 6.79. The third-order valence-corrected chi connectivity index (χ3v) is 6.64. The molecule has 1 aromatic heterocycles. The number of hydrogen-bond acceptors (Lipinski definition) is 5. The lowest BCUT2D eigenvalue weighted by Gasteiger charge is -2.26. The van der Waals surface area contributed by atoms with Gasteiger partial charge in [0, 0.05) is 36.4 Å². The number of fused-ring (bicyclic) bond motifs is 1. The molecule has 7 nitrogen and oxygen atoms in total. The third-order valence-electron chi connectivity index (χ3n) is 6.35. The number of carbonyl (C=O) groups excluding carboxylic acids is 1. The molecule has 4 rings (SSSR count). The molecule has 3 aromatic rings. The normalized spacial score (nSPS) is 16.4. The molecule has 2 heterocycles. The van der Waals surface area contributed by atoms with E-state index in [0.717, 1.165) is 44.6 Å². The Labute approximate surface area is 215 Å². The number of benzene rings is 2. The average Bonchev–Trinajstić information content (AvgIpc) is 3.08. The van der Waals surface area contributed by atoms with Crippen molar-refractivity contribution in [2.75, 3.05) is 24.5 Å². The Kier molecular flexibility index (Phi) is 8.26. The molecule has 1 saturated heterocycles. The fraction of sp³-hybridized carbons (Fsp3) is 0.444. The second-order valence-corrected chi connectivity index (χ2v) is 10.0. The van der Waals surface area contributed by atoms with Crippen LogP contribution >= 0.6 is 11.6 Å². The zero-order chi connectivity index (χ0) is 25.8. The number of nitrogens with one attached hydrogen (secondary N) is 2. The third kappa shape index (κ3) is 5.87. The van der Waals surface area contributed by atoms with Crippen molar-refractivity contribution in [1.29, 1.82) is 0 Å². The van der Waals surface area contributed by atoms with Gasteiger partial charge in [0.2, 0.25) is 5.91 Å². The Hall–Kier alpha value is -2.97. The standard InChI is InChI=1S/C27H33ClFN5O2/c1-4-6-19-15-33(12-5-11-30-19)20-8-10-24-21(14-20)27(36)34(16-25(35)31-17(2)3)26(32-24)18-7-9-23(29)22(28)13-18/h7-10,13-14,17,19,30H,4-6,11-12,15-16H2,1-3H3,(H,31,35). The zero-order valence-corrected chi connectivity index (χ0v) is 21.7. The zero-order valence-electron chi connectivity index (χ0n) is 21.0. The van der Waals surface area contributed by atoms with Crippen LogP contribution in [0.1, 0.15) is 40.0 Å². The highest BCUT2D eigenvalue weighted by molar-refractivity contribution is 6.31. The molecule has 192 valence electrons. The van der Waals surface area contributed by atoms with E-state index in [1.54, 1.807) is 0 Å². The number of aromatic nitrogens is 2. The van der Waals surface area contributed by atoms with E-state index in [2.05, 4.69) is 22.5 Å². The van der Waals surface area contributed by atoms with Gasteiger partial charge in [-0.3, -0.25) is 14.2 Å². The lowest BCUT2D eigenvalue weighted by atomic mass is 10.1. The van der Waals surface area contributed by atoms with Gasteiger partial charge < -0.3 is 15.5 Å². The van der Waals surface area contributed by atoms with Gasteiger partial charge in [-0.1, -0.05) is 24.9 Å². The summed E-state index contributed by atoms with van der Waals surface area (Å²) in [5.41, 5.74) is 1.61. The quantitative estimate of drug-likeness (QED) is 0.491. The molecule has 1 amide bonds.